The van der Waals surface area contributed by atoms with E-state index >= 15 is 0 Å². The van der Waals surface area contributed by atoms with Crippen molar-refractivity contribution in [2.24, 2.45) is 0 Å². The molecule has 0 saturated carbocycles. The molecule has 8 heteroatoms. The molecule has 1 unspecified atom stereocenters. The maximum Gasteiger partial charge on any atom is 0.243 e. The number of carbonyl (C=O) groups is 1. The Balaban J connectivity index is 2.10. The number of sulfonamides is 1. The van der Waals surface area contributed by atoms with E-state index in [4.69, 9.17) is 9.47 Å². The number of rotatable bonds is 8. The molecule has 2 aromatic rings. The summed E-state index contributed by atoms with van der Waals surface area (Å²) in [6.07, 6.45) is 0. The molecule has 158 valence electrons. The zero-order valence-electron chi connectivity index (χ0n) is 17.6. The number of carbonyl (C=O) groups excluding carboxylic acids is 1. The van der Waals surface area contributed by atoms with Gasteiger partial charge in [-0.2, -0.15) is 4.31 Å². The normalized spacial score (nSPS) is 12.5. The van der Waals surface area contributed by atoms with E-state index in [1.807, 2.05) is 39.0 Å². The van der Waals surface area contributed by atoms with Crippen LogP contribution in [0.15, 0.2) is 41.3 Å². The minimum absolute atomic E-state index is 0.0210. The van der Waals surface area contributed by atoms with Crippen molar-refractivity contribution in [3.05, 3.63) is 53.1 Å². The highest BCUT2D eigenvalue weighted by atomic mass is 32.2. The second-order valence-corrected chi connectivity index (χ2v) is 8.96. The first-order valence-corrected chi connectivity index (χ1v) is 10.6. The fourth-order valence-electron chi connectivity index (χ4n) is 2.85. The van der Waals surface area contributed by atoms with Gasteiger partial charge < -0.3 is 14.8 Å². The van der Waals surface area contributed by atoms with Gasteiger partial charge in [0, 0.05) is 13.1 Å². The molecule has 0 bridgehead atoms. The van der Waals surface area contributed by atoms with E-state index in [0.29, 0.717) is 11.5 Å². The second-order valence-electron chi connectivity index (χ2n) is 6.91. The third-order valence-electron chi connectivity index (χ3n) is 4.84. The number of hydrogen-bond donors (Lipinski definition) is 1. The number of hydrogen-bond acceptors (Lipinski definition) is 5. The molecule has 0 aliphatic carbocycles. The van der Waals surface area contributed by atoms with Crippen molar-refractivity contribution in [3.63, 3.8) is 0 Å². The van der Waals surface area contributed by atoms with Gasteiger partial charge in [-0.3, -0.25) is 4.79 Å². The molecule has 2 rings (SSSR count). The van der Waals surface area contributed by atoms with Gasteiger partial charge >= 0.3 is 0 Å². The number of aryl methyl sites for hydroxylation is 2. The summed E-state index contributed by atoms with van der Waals surface area (Å²) in [5, 5.41) is 2.85. The first kappa shape index (κ1) is 22.7. The Hall–Kier alpha value is -2.58. The van der Waals surface area contributed by atoms with Crippen LogP contribution in [0.2, 0.25) is 0 Å². The van der Waals surface area contributed by atoms with Crippen LogP contribution in [-0.2, 0) is 14.8 Å². The number of nitrogens with one attached hydrogen (secondary N) is 1. The summed E-state index contributed by atoms with van der Waals surface area (Å²) < 4.78 is 37.0. The predicted molar refractivity (Wildman–Crippen MR) is 112 cm³/mol. The van der Waals surface area contributed by atoms with Crippen molar-refractivity contribution < 1.29 is 22.7 Å². The van der Waals surface area contributed by atoms with Crippen LogP contribution in [0.5, 0.6) is 11.5 Å². The lowest BCUT2D eigenvalue weighted by Gasteiger charge is -2.20. The largest absolute Gasteiger partial charge is 0.493 e. The van der Waals surface area contributed by atoms with E-state index in [1.54, 1.807) is 0 Å². The average Bonchev–Trinajstić information content (AvgIpc) is 2.69. The van der Waals surface area contributed by atoms with Gasteiger partial charge in [-0.15, -0.1) is 0 Å². The van der Waals surface area contributed by atoms with E-state index in [-0.39, 0.29) is 23.4 Å². The summed E-state index contributed by atoms with van der Waals surface area (Å²) in [4.78, 5) is 12.4. The minimum Gasteiger partial charge on any atom is -0.493 e. The van der Waals surface area contributed by atoms with Crippen molar-refractivity contribution in [1.29, 1.82) is 0 Å². The lowest BCUT2D eigenvalue weighted by molar-refractivity contribution is -0.121. The zero-order chi connectivity index (χ0) is 21.8. The summed E-state index contributed by atoms with van der Waals surface area (Å²) in [6.45, 7) is 5.60. The number of methoxy groups -OCH3 is 2. The van der Waals surface area contributed by atoms with Crippen LogP contribution >= 0.6 is 0 Å². The van der Waals surface area contributed by atoms with Crippen LogP contribution < -0.4 is 14.8 Å². The van der Waals surface area contributed by atoms with E-state index < -0.39 is 10.0 Å². The molecule has 0 aromatic heterocycles. The molecule has 1 N–H and O–H groups in total. The SMILES string of the molecule is COc1ccc(S(=O)(=O)N(C)CC(=O)NC(C)c2ccc(C)c(C)c2)cc1OC. The molecule has 0 radical (unpaired) electrons. The van der Waals surface area contributed by atoms with E-state index in [2.05, 4.69) is 5.32 Å². The molecule has 0 heterocycles. The fraction of sp³-hybridized carbons (Fsp3) is 0.381. The highest BCUT2D eigenvalue weighted by molar-refractivity contribution is 7.89. The molecule has 0 aliphatic heterocycles. The van der Waals surface area contributed by atoms with Gasteiger partial charge in [-0.25, -0.2) is 8.42 Å². The molecule has 1 atom stereocenters. The zero-order valence-corrected chi connectivity index (χ0v) is 18.5. The molecule has 2 aromatic carbocycles. The Morgan fingerprint density at radius 1 is 1.03 bits per heavy atom. The molecular weight excluding hydrogens is 392 g/mol. The molecule has 0 saturated heterocycles. The molecule has 7 nitrogen and oxygen atoms in total. The van der Waals surface area contributed by atoms with Crippen molar-refractivity contribution in [1.82, 2.24) is 9.62 Å². The van der Waals surface area contributed by atoms with Crippen molar-refractivity contribution in [2.45, 2.75) is 31.7 Å². The van der Waals surface area contributed by atoms with E-state index in [1.165, 1.54) is 45.0 Å². The van der Waals surface area contributed by atoms with Crippen LogP contribution in [0.3, 0.4) is 0 Å². The minimum atomic E-state index is -3.87. The Bertz CT molecular complexity index is 989. The summed E-state index contributed by atoms with van der Waals surface area (Å²) in [5.74, 6) is 0.339. The van der Waals surface area contributed by atoms with Crippen LogP contribution in [0, 0.1) is 13.8 Å². The molecule has 0 aliphatic rings. The topological polar surface area (TPSA) is 84.9 Å². The van der Waals surface area contributed by atoms with E-state index in [9.17, 15) is 13.2 Å². The quantitative estimate of drug-likeness (QED) is 0.710. The Kier molecular flexibility index (Phi) is 7.26. The lowest BCUT2D eigenvalue weighted by Crippen LogP contribution is -2.39. The number of benzene rings is 2. The van der Waals surface area contributed by atoms with Crippen LogP contribution in [-0.4, -0.2) is 46.4 Å². The summed E-state index contributed by atoms with van der Waals surface area (Å²) in [5.41, 5.74) is 3.27. The van der Waals surface area contributed by atoms with Gasteiger partial charge in [0.05, 0.1) is 31.7 Å². The first-order chi connectivity index (χ1) is 13.6. The molecule has 0 fully saturated rings. The monoisotopic (exact) mass is 420 g/mol. The fourth-order valence-corrected chi connectivity index (χ4v) is 3.99. The van der Waals surface area contributed by atoms with Crippen molar-refractivity contribution in [3.8, 4) is 11.5 Å². The van der Waals surface area contributed by atoms with Crippen LogP contribution in [0.4, 0.5) is 0 Å². The van der Waals surface area contributed by atoms with Crippen molar-refractivity contribution >= 4 is 15.9 Å². The maximum absolute atomic E-state index is 12.8. The molecule has 0 spiro atoms. The van der Waals surface area contributed by atoms with Crippen LogP contribution in [0.25, 0.3) is 0 Å². The maximum atomic E-state index is 12.8. The lowest BCUT2D eigenvalue weighted by atomic mass is 10.0. The van der Waals surface area contributed by atoms with Gasteiger partial charge in [-0.1, -0.05) is 18.2 Å². The molecule has 29 heavy (non-hydrogen) atoms. The third kappa shape index (κ3) is 5.27. The van der Waals surface area contributed by atoms with E-state index in [0.717, 1.165) is 15.4 Å². The Labute approximate surface area is 172 Å². The second kappa shape index (κ2) is 9.28. The average molecular weight is 421 g/mol. The summed E-state index contributed by atoms with van der Waals surface area (Å²) in [7, 11) is 0.402. The smallest absolute Gasteiger partial charge is 0.243 e. The number of ether oxygens (including phenoxy) is 2. The number of likely N-dealkylation sites (N-methyl/N-ethyl adjacent to an activating group) is 1. The predicted octanol–water partition coefficient (Wildman–Crippen LogP) is 2.82. The highest BCUT2D eigenvalue weighted by Gasteiger charge is 2.25. The highest BCUT2D eigenvalue weighted by Crippen LogP contribution is 2.30. The van der Waals surface area contributed by atoms with Crippen molar-refractivity contribution in [2.75, 3.05) is 27.8 Å². The molecular formula is C21H28N2O5S. The summed E-state index contributed by atoms with van der Waals surface area (Å²) in [6, 6.07) is 10.0. The number of nitrogens with zero attached hydrogens (tertiary/aromatic N) is 1. The van der Waals surface area contributed by atoms with Gasteiger partial charge in [0.1, 0.15) is 0 Å². The van der Waals surface area contributed by atoms with Gasteiger partial charge in [0.25, 0.3) is 0 Å². The Morgan fingerprint density at radius 2 is 1.69 bits per heavy atom. The van der Waals surface area contributed by atoms with Crippen LogP contribution in [0.1, 0.15) is 29.7 Å². The summed E-state index contributed by atoms with van der Waals surface area (Å²) >= 11 is 0. The van der Waals surface area contributed by atoms with Gasteiger partial charge in [-0.05, 0) is 49.6 Å². The molecule has 1 amide bonds. The Morgan fingerprint density at radius 3 is 2.28 bits per heavy atom. The standard InChI is InChI=1S/C21H28N2O5S/c1-14-7-8-17(11-15(14)2)16(3)22-21(24)13-23(4)29(25,26)18-9-10-19(27-5)20(12-18)28-6/h7-12,16H,13H2,1-6H3,(H,22,24). The number of amides is 1. The van der Waals surface area contributed by atoms with Gasteiger partial charge in [0.2, 0.25) is 15.9 Å². The van der Waals surface area contributed by atoms with Gasteiger partial charge in [0.15, 0.2) is 11.5 Å². The first-order valence-electron chi connectivity index (χ1n) is 9.15. The third-order valence-corrected chi connectivity index (χ3v) is 6.64.